The molecule has 2 aliphatic rings. The molecule has 15 heteroatoms. The zero-order valence-corrected chi connectivity index (χ0v) is 20.5. The van der Waals surface area contributed by atoms with Crippen molar-refractivity contribution in [2.45, 2.75) is 16.6 Å². The van der Waals surface area contributed by atoms with Gasteiger partial charge < -0.3 is 20.0 Å². The third kappa shape index (κ3) is 4.81. The van der Waals surface area contributed by atoms with Gasteiger partial charge in [0.2, 0.25) is 5.16 Å². The molecule has 0 spiro atoms. The van der Waals surface area contributed by atoms with E-state index < -0.39 is 29.2 Å². The summed E-state index contributed by atoms with van der Waals surface area (Å²) in [5.41, 5.74) is 0.891. The molecule has 0 bridgehead atoms. The van der Waals surface area contributed by atoms with E-state index in [0.717, 1.165) is 0 Å². The van der Waals surface area contributed by atoms with Crippen molar-refractivity contribution in [1.82, 2.24) is 30.4 Å². The number of rotatable bonds is 9. The number of thioether (sulfide) groups is 2. The summed E-state index contributed by atoms with van der Waals surface area (Å²) in [4.78, 5) is 44.1. The number of amides is 2. The zero-order valence-electron chi connectivity index (χ0n) is 18.9. The number of carboxylic acids is 1. The van der Waals surface area contributed by atoms with E-state index in [-0.39, 0.29) is 11.4 Å². The normalized spacial score (nSPS) is 19.7. The van der Waals surface area contributed by atoms with E-state index in [9.17, 15) is 19.5 Å². The Labute approximate surface area is 207 Å². The molecule has 0 radical (unpaired) electrons. The van der Waals surface area contributed by atoms with Crippen LogP contribution < -0.4 is 10.1 Å². The molecule has 2 aliphatic heterocycles. The maximum absolute atomic E-state index is 13.0. The number of nitrogens with one attached hydrogen (secondary N) is 1. The summed E-state index contributed by atoms with van der Waals surface area (Å²) in [7, 11) is 4.49. The highest BCUT2D eigenvalue weighted by molar-refractivity contribution is 8.01. The fourth-order valence-electron chi connectivity index (χ4n) is 3.59. The van der Waals surface area contributed by atoms with E-state index in [0.29, 0.717) is 33.5 Å². The van der Waals surface area contributed by atoms with E-state index in [1.807, 2.05) is 0 Å². The smallest absolute Gasteiger partial charge is 0.352 e. The molecule has 0 aliphatic carbocycles. The number of ether oxygens (including phenoxy) is 1. The van der Waals surface area contributed by atoms with Gasteiger partial charge in [-0.1, -0.05) is 29.1 Å². The van der Waals surface area contributed by atoms with Gasteiger partial charge in [0.05, 0.1) is 7.11 Å². The first kappa shape index (κ1) is 24.5. The van der Waals surface area contributed by atoms with Crippen LogP contribution in [0.2, 0.25) is 0 Å². The number of carbonyl (C=O) groups is 3. The van der Waals surface area contributed by atoms with E-state index in [1.54, 1.807) is 31.3 Å². The van der Waals surface area contributed by atoms with Crippen LogP contribution in [0.4, 0.5) is 0 Å². The minimum Gasteiger partial charge on any atom is -0.497 e. The number of fused-ring (bicyclic) bond motifs is 1. The van der Waals surface area contributed by atoms with Crippen LogP contribution in [0.25, 0.3) is 0 Å². The summed E-state index contributed by atoms with van der Waals surface area (Å²) in [6.45, 7) is 0. The Morgan fingerprint density at radius 3 is 2.83 bits per heavy atom. The average Bonchev–Trinajstić information content (AvgIpc) is 3.28. The molecule has 13 nitrogen and oxygen atoms in total. The first-order valence-corrected chi connectivity index (χ1v) is 12.2. The lowest BCUT2D eigenvalue weighted by Gasteiger charge is -2.49. The Morgan fingerprint density at radius 2 is 2.17 bits per heavy atom. The number of carboxylic acid groups (broad SMARTS) is 1. The highest BCUT2D eigenvalue weighted by Gasteiger charge is 2.54. The number of tetrazole rings is 1. The van der Waals surface area contributed by atoms with Crippen molar-refractivity contribution in [2.75, 3.05) is 25.7 Å². The second kappa shape index (κ2) is 10.4. The van der Waals surface area contributed by atoms with Gasteiger partial charge in [0.1, 0.15) is 30.0 Å². The van der Waals surface area contributed by atoms with Crippen molar-refractivity contribution in [1.29, 1.82) is 0 Å². The Bertz CT molecular complexity index is 1230. The van der Waals surface area contributed by atoms with Crippen LogP contribution in [-0.4, -0.2) is 90.9 Å². The maximum atomic E-state index is 13.0. The number of carbonyl (C=O) groups excluding carboxylic acids is 2. The number of aliphatic carboxylic acids is 1. The number of aryl methyl sites for hydroxylation is 1. The van der Waals surface area contributed by atoms with Crippen molar-refractivity contribution in [3.63, 3.8) is 0 Å². The van der Waals surface area contributed by atoms with Crippen LogP contribution in [0.3, 0.4) is 0 Å². The van der Waals surface area contributed by atoms with E-state index in [1.165, 1.54) is 47.3 Å². The van der Waals surface area contributed by atoms with E-state index >= 15 is 0 Å². The van der Waals surface area contributed by atoms with Gasteiger partial charge in [0.15, 0.2) is 5.71 Å². The van der Waals surface area contributed by atoms with Gasteiger partial charge in [-0.25, -0.2) is 9.48 Å². The minimum atomic E-state index is -1.21. The topological polar surface area (TPSA) is 161 Å². The molecule has 3 heterocycles. The van der Waals surface area contributed by atoms with E-state index in [4.69, 9.17) is 9.57 Å². The number of hydrogen-bond donors (Lipinski definition) is 2. The maximum Gasteiger partial charge on any atom is 0.352 e. The fourth-order valence-corrected chi connectivity index (χ4v) is 5.92. The second-order valence-corrected chi connectivity index (χ2v) is 9.39. The first-order valence-electron chi connectivity index (χ1n) is 10.2. The third-order valence-electron chi connectivity index (χ3n) is 5.23. The van der Waals surface area contributed by atoms with Gasteiger partial charge in [-0.15, -0.1) is 16.9 Å². The molecule has 1 unspecified atom stereocenters. The summed E-state index contributed by atoms with van der Waals surface area (Å²) in [6, 6.07) is 5.77. The van der Waals surface area contributed by atoms with Crippen LogP contribution >= 0.6 is 23.5 Å². The Balaban J connectivity index is 1.50. The van der Waals surface area contributed by atoms with Crippen molar-refractivity contribution in [3.8, 4) is 5.75 Å². The van der Waals surface area contributed by atoms with Gasteiger partial charge in [0, 0.05) is 24.1 Å². The van der Waals surface area contributed by atoms with Crippen molar-refractivity contribution >= 4 is 47.0 Å². The molecule has 35 heavy (non-hydrogen) atoms. The number of aromatic nitrogens is 4. The standard InChI is InChI=1S/C20H21N7O6S2/c1-26-20(22-24-25-26)35-9-11-8-34-18-14(17(29)27(18)15(11)19(30)31)21-16(28)13(23-33-3)10-5-4-6-12(7-10)32-2/h4-7,14,18H,8-9H2,1-3H3,(H,21,28)(H,30,31)/t14?,18-/m0/s1. The average molecular weight is 520 g/mol. The molecular formula is C20H21N7O6S2. The molecular weight excluding hydrogens is 498 g/mol. The largest absolute Gasteiger partial charge is 0.497 e. The van der Waals surface area contributed by atoms with Crippen molar-refractivity contribution < 1.29 is 29.1 Å². The minimum absolute atomic E-state index is 0.0400. The van der Waals surface area contributed by atoms with Crippen LogP contribution in [0.1, 0.15) is 5.56 Å². The fraction of sp³-hybridized carbons (Fsp3) is 0.350. The predicted molar refractivity (Wildman–Crippen MR) is 126 cm³/mol. The number of benzene rings is 1. The van der Waals surface area contributed by atoms with Gasteiger partial charge >= 0.3 is 5.97 Å². The molecule has 1 aromatic heterocycles. The SMILES string of the molecule is CON=C(C(=O)NC1C(=O)N2C(C(=O)O)=C(CSc3nnnn3C)CS[C@@H]12)c1cccc(OC)c1. The lowest BCUT2D eigenvalue weighted by molar-refractivity contribution is -0.150. The molecule has 1 saturated heterocycles. The van der Waals surface area contributed by atoms with Crippen molar-refractivity contribution in [3.05, 3.63) is 41.1 Å². The molecule has 184 valence electrons. The van der Waals surface area contributed by atoms with Crippen molar-refractivity contribution in [2.24, 2.45) is 12.2 Å². The molecule has 2 amide bonds. The number of nitrogens with zero attached hydrogens (tertiary/aromatic N) is 6. The third-order valence-corrected chi connectivity index (χ3v) is 7.67. The van der Waals surface area contributed by atoms with Gasteiger partial charge in [-0.2, -0.15) is 0 Å². The number of hydrogen-bond acceptors (Lipinski definition) is 11. The predicted octanol–water partition coefficient (Wildman–Crippen LogP) is 0.100. The Morgan fingerprint density at radius 1 is 1.37 bits per heavy atom. The quantitative estimate of drug-likeness (QED) is 0.200. The number of β-lactam (4-membered cyclic amide) rings is 1. The molecule has 1 aromatic carbocycles. The van der Waals surface area contributed by atoms with E-state index in [2.05, 4.69) is 26.0 Å². The van der Waals surface area contributed by atoms with Gasteiger partial charge in [-0.3, -0.25) is 14.5 Å². The lowest BCUT2D eigenvalue weighted by Crippen LogP contribution is -2.71. The first-order chi connectivity index (χ1) is 16.8. The summed E-state index contributed by atoms with van der Waals surface area (Å²) in [5, 5.41) is 27.5. The molecule has 1 fully saturated rings. The summed E-state index contributed by atoms with van der Waals surface area (Å²) >= 11 is 2.65. The Kier molecular flexibility index (Phi) is 7.25. The summed E-state index contributed by atoms with van der Waals surface area (Å²) in [5.74, 6) is -1.16. The highest BCUT2D eigenvalue weighted by atomic mass is 32.2. The van der Waals surface area contributed by atoms with Gasteiger partial charge in [-0.05, 0) is 28.1 Å². The number of oxime groups is 1. The van der Waals surface area contributed by atoms with Gasteiger partial charge in [0.25, 0.3) is 11.8 Å². The zero-order chi connectivity index (χ0) is 25.1. The lowest BCUT2D eigenvalue weighted by atomic mass is 10.0. The second-order valence-electron chi connectivity index (χ2n) is 7.35. The molecule has 2 aromatic rings. The summed E-state index contributed by atoms with van der Waals surface area (Å²) < 4.78 is 6.67. The monoisotopic (exact) mass is 519 g/mol. The van der Waals surface area contributed by atoms with Crippen LogP contribution in [0.5, 0.6) is 5.75 Å². The molecule has 4 rings (SSSR count). The Hall–Kier alpha value is -3.59. The highest BCUT2D eigenvalue weighted by Crippen LogP contribution is 2.41. The van der Waals surface area contributed by atoms with Crippen LogP contribution in [0.15, 0.2) is 45.8 Å². The van der Waals surface area contributed by atoms with Crippen LogP contribution in [0, 0.1) is 0 Å². The molecule has 2 N–H and O–H groups in total. The molecule has 2 atom stereocenters. The number of methoxy groups -OCH3 is 1. The van der Waals surface area contributed by atoms with Crippen LogP contribution in [-0.2, 0) is 26.3 Å². The summed E-state index contributed by atoms with van der Waals surface area (Å²) in [6.07, 6.45) is 0. The molecule has 0 saturated carbocycles.